The molecule has 38 heavy (non-hydrogen) atoms. The monoisotopic (exact) mass is 512 g/mol. The Labute approximate surface area is 223 Å². The number of amides is 1. The molecule has 2 unspecified atom stereocenters. The fraction of sp³-hybridized carbons (Fsp3) is 0.323. The first-order chi connectivity index (χ1) is 18.5. The molecule has 2 atom stereocenters. The molecule has 0 aromatic heterocycles. The maximum absolute atomic E-state index is 14.3. The Balaban J connectivity index is 1.49. The summed E-state index contributed by atoms with van der Waals surface area (Å²) in [6.45, 7) is 1.24. The summed E-state index contributed by atoms with van der Waals surface area (Å²) < 4.78 is 11.5. The Hall–Kier alpha value is -3.65. The lowest BCUT2D eigenvalue weighted by atomic mass is 9.93. The summed E-state index contributed by atoms with van der Waals surface area (Å²) in [5.41, 5.74) is 4.29. The van der Waals surface area contributed by atoms with Gasteiger partial charge >= 0.3 is 0 Å². The van der Waals surface area contributed by atoms with E-state index in [9.17, 15) is 14.4 Å². The zero-order chi connectivity index (χ0) is 26.7. The zero-order valence-corrected chi connectivity index (χ0v) is 21.7. The van der Waals surface area contributed by atoms with E-state index in [1.807, 2.05) is 88.7 Å². The van der Waals surface area contributed by atoms with E-state index < -0.39 is 17.6 Å². The van der Waals surface area contributed by atoms with Crippen LogP contribution in [-0.4, -0.2) is 66.9 Å². The maximum atomic E-state index is 14.3. The van der Waals surface area contributed by atoms with Gasteiger partial charge in [0.25, 0.3) is 5.91 Å². The van der Waals surface area contributed by atoms with Crippen molar-refractivity contribution < 1.29 is 23.9 Å². The van der Waals surface area contributed by atoms with Crippen LogP contribution in [0.3, 0.4) is 0 Å². The lowest BCUT2D eigenvalue weighted by molar-refractivity contribution is -0.233. The molecule has 3 aromatic carbocycles. The molecule has 7 nitrogen and oxygen atoms in total. The average molecular weight is 513 g/mol. The molecule has 2 aliphatic heterocycles. The first kappa shape index (κ1) is 26.0. The quantitative estimate of drug-likeness (QED) is 0.255. The van der Waals surface area contributed by atoms with Crippen molar-refractivity contribution in [1.82, 2.24) is 9.80 Å². The highest BCUT2D eigenvalue weighted by Gasteiger charge is 2.45. The minimum absolute atomic E-state index is 0.123. The molecule has 0 radical (unpaired) electrons. The molecule has 0 saturated carbocycles. The van der Waals surface area contributed by atoms with Crippen LogP contribution in [0.2, 0.25) is 0 Å². The molecule has 196 valence electrons. The number of carbonyl (C=O) groups excluding carboxylic acids is 3. The Bertz CT molecular complexity index is 1320. The number of likely N-dealkylation sites (tertiary alicyclic amines) is 1. The van der Waals surface area contributed by atoms with Crippen LogP contribution >= 0.6 is 0 Å². The summed E-state index contributed by atoms with van der Waals surface area (Å²) in [6, 6.07) is 24.3. The molecule has 0 spiro atoms. The smallest absolute Gasteiger partial charge is 0.254 e. The lowest BCUT2D eigenvalue weighted by Crippen LogP contribution is -2.59. The molecule has 0 aliphatic carbocycles. The van der Waals surface area contributed by atoms with Gasteiger partial charge in [-0.3, -0.25) is 19.3 Å². The van der Waals surface area contributed by atoms with Gasteiger partial charge in [0.15, 0.2) is 12.1 Å². The van der Waals surface area contributed by atoms with E-state index in [2.05, 4.69) is 0 Å². The Morgan fingerprint density at radius 1 is 0.947 bits per heavy atom. The number of methoxy groups -OCH3 is 2. The molecular weight excluding hydrogens is 480 g/mol. The van der Waals surface area contributed by atoms with Gasteiger partial charge in [-0.1, -0.05) is 72.8 Å². The Morgan fingerprint density at radius 3 is 2.37 bits per heavy atom. The fourth-order valence-electron chi connectivity index (χ4n) is 5.84. The number of benzene rings is 3. The third-order valence-electron chi connectivity index (χ3n) is 7.88. The van der Waals surface area contributed by atoms with Crippen molar-refractivity contribution >= 4 is 18.0 Å². The van der Waals surface area contributed by atoms with Crippen molar-refractivity contribution in [2.75, 3.05) is 27.3 Å². The summed E-state index contributed by atoms with van der Waals surface area (Å²) in [7, 11) is 3.20. The van der Waals surface area contributed by atoms with E-state index in [1.54, 1.807) is 14.2 Å². The third-order valence-corrected chi connectivity index (χ3v) is 7.88. The number of ketones is 1. The van der Waals surface area contributed by atoms with Crippen molar-refractivity contribution in [3.05, 3.63) is 95.6 Å². The van der Waals surface area contributed by atoms with Crippen LogP contribution in [0.15, 0.2) is 78.9 Å². The highest BCUT2D eigenvalue weighted by Crippen LogP contribution is 2.37. The SMILES string of the molecule is COC1(OC)CCC(CN2Cc3ccccc3C2C(=O)C=O)N(C(=O)c2ccccc2-c2ccccc2)C1. The van der Waals surface area contributed by atoms with Crippen molar-refractivity contribution in [3.8, 4) is 11.1 Å². The first-order valence-corrected chi connectivity index (χ1v) is 12.9. The van der Waals surface area contributed by atoms with E-state index in [-0.39, 0.29) is 18.5 Å². The number of hydrogen-bond acceptors (Lipinski definition) is 6. The molecule has 0 N–H and O–H groups in total. The summed E-state index contributed by atoms with van der Waals surface area (Å²) in [4.78, 5) is 42.4. The molecule has 1 saturated heterocycles. The van der Waals surface area contributed by atoms with Gasteiger partial charge in [-0.25, -0.2) is 0 Å². The van der Waals surface area contributed by atoms with E-state index in [4.69, 9.17) is 9.47 Å². The predicted molar refractivity (Wildman–Crippen MR) is 143 cm³/mol. The summed E-state index contributed by atoms with van der Waals surface area (Å²) in [6.07, 6.45) is 1.62. The summed E-state index contributed by atoms with van der Waals surface area (Å²) >= 11 is 0. The number of hydrogen-bond donors (Lipinski definition) is 0. The minimum atomic E-state index is -0.917. The van der Waals surface area contributed by atoms with Gasteiger partial charge in [-0.2, -0.15) is 0 Å². The molecule has 2 heterocycles. The molecule has 1 fully saturated rings. The maximum Gasteiger partial charge on any atom is 0.254 e. The van der Waals surface area contributed by atoms with Crippen molar-refractivity contribution in [2.24, 2.45) is 0 Å². The predicted octanol–water partition coefficient (Wildman–Crippen LogP) is 4.27. The number of aldehydes is 1. The average Bonchev–Trinajstić information content (AvgIpc) is 3.35. The van der Waals surface area contributed by atoms with E-state index in [0.717, 1.165) is 22.3 Å². The second kappa shape index (κ2) is 11.0. The van der Waals surface area contributed by atoms with Gasteiger partial charge in [-0.15, -0.1) is 0 Å². The largest absolute Gasteiger partial charge is 0.351 e. The summed E-state index contributed by atoms with van der Waals surface area (Å²) in [5.74, 6) is -1.51. The number of ether oxygens (including phenoxy) is 2. The number of Topliss-reactive ketones (excluding diaryl/α,β-unsaturated/α-hetero) is 1. The molecule has 0 bridgehead atoms. The Kier molecular flexibility index (Phi) is 7.51. The molecule has 1 amide bonds. The highest BCUT2D eigenvalue weighted by atomic mass is 16.7. The molecule has 2 aliphatic rings. The number of fused-ring (bicyclic) bond motifs is 1. The van der Waals surface area contributed by atoms with Gasteiger partial charge in [0.1, 0.15) is 6.04 Å². The van der Waals surface area contributed by atoms with Crippen LogP contribution in [0.25, 0.3) is 11.1 Å². The van der Waals surface area contributed by atoms with Crippen LogP contribution in [0, 0.1) is 0 Å². The van der Waals surface area contributed by atoms with Crippen molar-refractivity contribution in [2.45, 2.75) is 37.3 Å². The van der Waals surface area contributed by atoms with Crippen LogP contribution in [0.1, 0.15) is 40.4 Å². The van der Waals surface area contributed by atoms with Crippen molar-refractivity contribution in [3.63, 3.8) is 0 Å². The van der Waals surface area contributed by atoms with Gasteiger partial charge in [0, 0.05) is 45.3 Å². The van der Waals surface area contributed by atoms with Crippen LogP contribution in [0.4, 0.5) is 0 Å². The Morgan fingerprint density at radius 2 is 1.63 bits per heavy atom. The topological polar surface area (TPSA) is 76.2 Å². The summed E-state index contributed by atoms with van der Waals surface area (Å²) in [5, 5.41) is 0. The van der Waals surface area contributed by atoms with Crippen LogP contribution < -0.4 is 0 Å². The molecule has 7 heteroatoms. The van der Waals surface area contributed by atoms with Gasteiger partial charge < -0.3 is 14.4 Å². The second-order valence-electron chi connectivity index (χ2n) is 9.91. The van der Waals surface area contributed by atoms with Gasteiger partial charge in [0.2, 0.25) is 5.78 Å². The van der Waals surface area contributed by atoms with Crippen LogP contribution in [0.5, 0.6) is 0 Å². The van der Waals surface area contributed by atoms with Crippen molar-refractivity contribution in [1.29, 1.82) is 0 Å². The minimum Gasteiger partial charge on any atom is -0.351 e. The zero-order valence-electron chi connectivity index (χ0n) is 21.7. The normalized spacial score (nSPS) is 20.6. The number of rotatable bonds is 8. The fourth-order valence-corrected chi connectivity index (χ4v) is 5.84. The van der Waals surface area contributed by atoms with Gasteiger partial charge in [-0.05, 0) is 34.7 Å². The number of nitrogens with zero attached hydrogens (tertiary/aromatic N) is 2. The first-order valence-electron chi connectivity index (χ1n) is 12.9. The second-order valence-corrected chi connectivity index (χ2v) is 9.91. The molecule has 3 aromatic rings. The third kappa shape index (κ3) is 4.80. The van der Waals surface area contributed by atoms with E-state index >= 15 is 0 Å². The number of piperidine rings is 1. The van der Waals surface area contributed by atoms with E-state index in [0.29, 0.717) is 37.8 Å². The van der Waals surface area contributed by atoms with Gasteiger partial charge in [0.05, 0.1) is 6.54 Å². The molecule has 5 rings (SSSR count). The van der Waals surface area contributed by atoms with E-state index in [1.165, 1.54) is 0 Å². The highest BCUT2D eigenvalue weighted by molar-refractivity contribution is 6.27. The van der Waals surface area contributed by atoms with Crippen LogP contribution in [-0.2, 0) is 25.6 Å². The number of carbonyl (C=O) groups is 3. The standard InChI is InChI=1S/C31H32N2O5/c1-37-31(38-2)17-16-24(19-32-18-23-12-6-7-14-26(23)29(32)28(35)20-34)33(21-31)30(36)27-15-9-8-13-25(27)22-10-4-3-5-11-22/h3-15,20,24,29H,16-19,21H2,1-2H3. The molecular formula is C31H32N2O5. The lowest BCUT2D eigenvalue weighted by Gasteiger charge is -2.46.